The summed E-state index contributed by atoms with van der Waals surface area (Å²) in [5.74, 6) is -4.75. The SMILES string of the molecule is CCc1ccc(C2OCc3cc(O)cc(O)c3C2(O)ON(C)C(=O)C(C)=O)cc1. The van der Waals surface area contributed by atoms with Gasteiger partial charge in [-0.05, 0) is 29.2 Å². The quantitative estimate of drug-likeness (QED) is 0.399. The van der Waals surface area contributed by atoms with Gasteiger partial charge in [0.05, 0.1) is 12.2 Å². The standard InChI is InChI=1S/C21H23NO7/c1-4-13-5-7-14(8-6-13)19-21(27,29-22(3)20(26)12(2)23)18-15(11-28-19)9-16(24)10-17(18)25/h5-10,19,24-25,27H,4,11H2,1-3H3. The third-order valence-electron chi connectivity index (χ3n) is 4.86. The van der Waals surface area contributed by atoms with E-state index in [9.17, 15) is 24.9 Å². The molecule has 0 saturated carbocycles. The number of phenolic OH excluding ortho intramolecular Hbond substituents is 2. The molecular formula is C21H23NO7. The lowest BCUT2D eigenvalue weighted by Crippen LogP contribution is -2.48. The minimum atomic E-state index is -2.33. The molecule has 0 spiro atoms. The van der Waals surface area contributed by atoms with E-state index in [0.717, 1.165) is 25.0 Å². The van der Waals surface area contributed by atoms with Crippen LogP contribution >= 0.6 is 0 Å². The molecule has 154 valence electrons. The van der Waals surface area contributed by atoms with Crippen molar-refractivity contribution in [2.24, 2.45) is 0 Å². The topological polar surface area (TPSA) is 117 Å². The van der Waals surface area contributed by atoms with Gasteiger partial charge in [0.25, 0.3) is 5.79 Å². The number of hydrogen-bond donors (Lipinski definition) is 3. The van der Waals surface area contributed by atoms with Crippen LogP contribution in [0.3, 0.4) is 0 Å². The molecule has 3 rings (SSSR count). The molecule has 1 aliphatic rings. The molecule has 2 atom stereocenters. The lowest BCUT2D eigenvalue weighted by molar-refractivity contribution is -0.364. The van der Waals surface area contributed by atoms with Crippen LogP contribution in [-0.2, 0) is 38.0 Å². The molecule has 1 heterocycles. The number of phenols is 2. The average Bonchev–Trinajstić information content (AvgIpc) is 2.66. The number of carbonyl (C=O) groups is 2. The zero-order valence-corrected chi connectivity index (χ0v) is 16.4. The number of hydroxylamine groups is 2. The second-order valence-corrected chi connectivity index (χ2v) is 6.93. The molecule has 0 saturated heterocycles. The van der Waals surface area contributed by atoms with Gasteiger partial charge in [-0.1, -0.05) is 31.2 Å². The second-order valence-electron chi connectivity index (χ2n) is 6.93. The van der Waals surface area contributed by atoms with Crippen molar-refractivity contribution >= 4 is 11.7 Å². The molecule has 0 aromatic heterocycles. The molecule has 1 amide bonds. The number of aromatic hydroxyl groups is 2. The first kappa shape index (κ1) is 20.8. The zero-order chi connectivity index (χ0) is 21.3. The highest BCUT2D eigenvalue weighted by atomic mass is 16.8. The lowest BCUT2D eigenvalue weighted by atomic mass is 9.87. The van der Waals surface area contributed by atoms with Crippen molar-refractivity contribution in [3.05, 3.63) is 58.7 Å². The predicted molar refractivity (Wildman–Crippen MR) is 102 cm³/mol. The van der Waals surface area contributed by atoms with Crippen LogP contribution < -0.4 is 0 Å². The Bertz CT molecular complexity index is 941. The van der Waals surface area contributed by atoms with Gasteiger partial charge in [0, 0.05) is 20.0 Å². The van der Waals surface area contributed by atoms with E-state index in [1.165, 1.54) is 13.1 Å². The van der Waals surface area contributed by atoms with Gasteiger partial charge in [-0.3, -0.25) is 9.59 Å². The molecule has 2 aromatic rings. The van der Waals surface area contributed by atoms with Gasteiger partial charge in [0.15, 0.2) is 0 Å². The van der Waals surface area contributed by atoms with E-state index in [-0.39, 0.29) is 23.5 Å². The number of fused-ring (bicyclic) bond motifs is 1. The van der Waals surface area contributed by atoms with Crippen LogP contribution in [0.4, 0.5) is 0 Å². The van der Waals surface area contributed by atoms with E-state index in [1.807, 2.05) is 19.1 Å². The third-order valence-corrected chi connectivity index (χ3v) is 4.86. The summed E-state index contributed by atoms with van der Waals surface area (Å²) >= 11 is 0. The predicted octanol–water partition coefficient (Wildman–Crippen LogP) is 2.06. The molecule has 1 aliphatic heterocycles. The van der Waals surface area contributed by atoms with Gasteiger partial charge < -0.3 is 20.1 Å². The highest BCUT2D eigenvalue weighted by molar-refractivity contribution is 6.34. The van der Waals surface area contributed by atoms with E-state index in [0.29, 0.717) is 10.6 Å². The number of aliphatic hydroxyl groups is 1. The maximum Gasteiger partial charge on any atom is 0.313 e. The number of hydrogen-bond acceptors (Lipinski definition) is 7. The number of Topliss-reactive ketones (excluding diaryl/α,β-unsaturated/α-hetero) is 1. The number of carbonyl (C=O) groups excluding carboxylic acids is 2. The van der Waals surface area contributed by atoms with Crippen molar-refractivity contribution in [3.8, 4) is 11.5 Å². The summed E-state index contributed by atoms with van der Waals surface area (Å²) in [5.41, 5.74) is 1.86. The van der Waals surface area contributed by atoms with Gasteiger partial charge in [0.2, 0.25) is 5.78 Å². The summed E-state index contributed by atoms with van der Waals surface area (Å²) in [6.07, 6.45) is -0.288. The summed E-state index contributed by atoms with van der Waals surface area (Å²) < 4.78 is 5.81. The van der Waals surface area contributed by atoms with E-state index in [2.05, 4.69) is 0 Å². The second kappa shape index (κ2) is 7.82. The number of rotatable bonds is 5. The monoisotopic (exact) mass is 401 g/mol. The first-order valence-corrected chi connectivity index (χ1v) is 9.13. The summed E-state index contributed by atoms with van der Waals surface area (Å²) in [7, 11) is 1.19. The van der Waals surface area contributed by atoms with Crippen molar-refractivity contribution in [1.29, 1.82) is 0 Å². The highest BCUT2D eigenvalue weighted by Crippen LogP contribution is 2.49. The Morgan fingerprint density at radius 2 is 1.90 bits per heavy atom. The minimum absolute atomic E-state index is 0.0203. The number of benzene rings is 2. The molecule has 0 radical (unpaired) electrons. The number of ketones is 1. The molecule has 8 nitrogen and oxygen atoms in total. The lowest BCUT2D eigenvalue weighted by Gasteiger charge is -2.42. The molecule has 2 unspecified atom stereocenters. The van der Waals surface area contributed by atoms with Crippen LogP contribution in [0, 0.1) is 0 Å². The van der Waals surface area contributed by atoms with Gasteiger partial charge in [-0.25, -0.2) is 9.90 Å². The van der Waals surface area contributed by atoms with E-state index < -0.39 is 29.3 Å². The van der Waals surface area contributed by atoms with Gasteiger partial charge in [-0.15, -0.1) is 0 Å². The average molecular weight is 401 g/mol. The first-order valence-electron chi connectivity index (χ1n) is 9.13. The van der Waals surface area contributed by atoms with Crippen LogP contribution in [0.1, 0.15) is 42.2 Å². The van der Waals surface area contributed by atoms with Crippen molar-refractivity contribution in [3.63, 3.8) is 0 Å². The molecule has 3 N–H and O–H groups in total. The molecule has 0 aliphatic carbocycles. The molecule has 8 heteroatoms. The largest absolute Gasteiger partial charge is 0.508 e. The fourth-order valence-corrected chi connectivity index (χ4v) is 3.43. The Kier molecular flexibility index (Phi) is 5.61. The minimum Gasteiger partial charge on any atom is -0.508 e. The van der Waals surface area contributed by atoms with E-state index in [4.69, 9.17) is 9.57 Å². The van der Waals surface area contributed by atoms with Crippen molar-refractivity contribution in [2.45, 2.75) is 38.8 Å². The van der Waals surface area contributed by atoms with Crippen LogP contribution in [0.2, 0.25) is 0 Å². The molecular weight excluding hydrogens is 378 g/mol. The zero-order valence-electron chi connectivity index (χ0n) is 16.4. The summed E-state index contributed by atoms with van der Waals surface area (Å²) in [4.78, 5) is 29.0. The van der Waals surface area contributed by atoms with E-state index in [1.54, 1.807) is 12.1 Å². The Hall–Kier alpha value is -2.94. The fourth-order valence-electron chi connectivity index (χ4n) is 3.43. The van der Waals surface area contributed by atoms with Crippen molar-refractivity contribution in [1.82, 2.24) is 5.06 Å². The van der Waals surface area contributed by atoms with Crippen LogP contribution in [0.25, 0.3) is 0 Å². The Morgan fingerprint density at radius 1 is 1.24 bits per heavy atom. The van der Waals surface area contributed by atoms with Crippen LogP contribution in [0.5, 0.6) is 11.5 Å². The summed E-state index contributed by atoms with van der Waals surface area (Å²) in [6, 6.07) is 9.64. The normalized spacial score (nSPS) is 20.8. The number of likely N-dealkylation sites (N-methyl/N-ethyl adjacent to an activating group) is 1. The van der Waals surface area contributed by atoms with Gasteiger partial charge >= 0.3 is 5.91 Å². The van der Waals surface area contributed by atoms with Crippen LogP contribution in [0.15, 0.2) is 36.4 Å². The van der Waals surface area contributed by atoms with Crippen LogP contribution in [-0.4, -0.2) is 39.1 Å². The maximum absolute atomic E-state index is 12.0. The van der Waals surface area contributed by atoms with Crippen molar-refractivity contribution < 1.29 is 34.5 Å². The maximum atomic E-state index is 12.0. The van der Waals surface area contributed by atoms with Gasteiger partial charge in [-0.2, -0.15) is 0 Å². The fraction of sp³-hybridized carbons (Fsp3) is 0.333. The number of amides is 1. The Labute approximate surface area is 167 Å². The molecule has 2 aromatic carbocycles. The van der Waals surface area contributed by atoms with Gasteiger partial charge in [0.1, 0.15) is 17.6 Å². The molecule has 29 heavy (non-hydrogen) atoms. The summed E-state index contributed by atoms with van der Waals surface area (Å²) in [5, 5.41) is 32.4. The Balaban J connectivity index is 2.12. The number of ether oxygens (including phenoxy) is 1. The smallest absolute Gasteiger partial charge is 0.313 e. The Morgan fingerprint density at radius 3 is 2.48 bits per heavy atom. The number of aryl methyl sites for hydroxylation is 1. The summed E-state index contributed by atoms with van der Waals surface area (Å²) in [6.45, 7) is 3.07. The van der Waals surface area contributed by atoms with E-state index >= 15 is 0 Å². The van der Waals surface area contributed by atoms with Crippen molar-refractivity contribution in [2.75, 3.05) is 7.05 Å². The third kappa shape index (κ3) is 3.82. The number of nitrogens with zero attached hydrogens (tertiary/aromatic N) is 1. The first-order chi connectivity index (χ1) is 13.7. The highest BCUT2D eigenvalue weighted by Gasteiger charge is 2.50. The molecule has 0 bridgehead atoms. The molecule has 0 fully saturated rings.